The molecule has 2 aromatic carbocycles. The van der Waals surface area contributed by atoms with Crippen LogP contribution in [0, 0.1) is 12.7 Å². The maximum atomic E-state index is 14.0. The number of nitrogens with zero attached hydrogens (tertiary/aromatic N) is 2. The van der Waals surface area contributed by atoms with Gasteiger partial charge in [0, 0.05) is 36.4 Å². The number of fused-ring (bicyclic) bond motifs is 1. The lowest BCUT2D eigenvalue weighted by atomic mass is 10.1. The fourth-order valence-corrected chi connectivity index (χ4v) is 3.74. The van der Waals surface area contributed by atoms with E-state index in [2.05, 4.69) is 10.3 Å². The second kappa shape index (κ2) is 9.20. The molecule has 2 aromatic heterocycles. The summed E-state index contributed by atoms with van der Waals surface area (Å²) in [7, 11) is 0. The maximum Gasteiger partial charge on any atom is 0.257 e. The molecule has 0 aliphatic carbocycles. The first-order valence-corrected chi connectivity index (χ1v) is 10.5. The van der Waals surface area contributed by atoms with Crippen LogP contribution in [0.1, 0.15) is 28.5 Å². The SMILES string of the molecule is CCc1nccc2c(C(=O)NCCN)c(Oc3cc(F)ccc3C)n(-c3ccccc3)c12. The van der Waals surface area contributed by atoms with E-state index in [1.807, 2.05) is 48.7 Å². The van der Waals surface area contributed by atoms with Crippen LogP contribution >= 0.6 is 0 Å². The van der Waals surface area contributed by atoms with Crippen LogP contribution < -0.4 is 15.8 Å². The first-order chi connectivity index (χ1) is 15.5. The molecule has 2 heterocycles. The number of halogens is 1. The largest absolute Gasteiger partial charge is 0.439 e. The molecular weight excluding hydrogens is 407 g/mol. The molecule has 0 saturated heterocycles. The van der Waals surface area contributed by atoms with E-state index in [1.165, 1.54) is 12.1 Å². The average molecular weight is 432 g/mol. The molecule has 164 valence electrons. The predicted octanol–water partition coefficient (Wildman–Crippen LogP) is 4.52. The number of ether oxygens (including phenoxy) is 1. The number of para-hydroxylation sites is 1. The Morgan fingerprint density at radius 1 is 1.19 bits per heavy atom. The van der Waals surface area contributed by atoms with Crippen LogP contribution in [0.4, 0.5) is 4.39 Å². The number of amides is 1. The van der Waals surface area contributed by atoms with Crippen molar-refractivity contribution in [2.24, 2.45) is 5.73 Å². The van der Waals surface area contributed by atoms with E-state index in [1.54, 1.807) is 18.3 Å². The summed E-state index contributed by atoms with van der Waals surface area (Å²) in [6.45, 7) is 4.47. The Hall–Kier alpha value is -3.71. The van der Waals surface area contributed by atoms with Crippen LogP contribution in [0.15, 0.2) is 60.8 Å². The highest BCUT2D eigenvalue weighted by atomic mass is 19.1. The van der Waals surface area contributed by atoms with Gasteiger partial charge in [0.05, 0.1) is 11.2 Å². The topological polar surface area (TPSA) is 82.2 Å². The Labute approximate surface area is 185 Å². The lowest BCUT2D eigenvalue weighted by Gasteiger charge is -2.15. The summed E-state index contributed by atoms with van der Waals surface area (Å²) in [6, 6.07) is 15.7. The number of aromatic nitrogens is 2. The van der Waals surface area contributed by atoms with Gasteiger partial charge in [-0.25, -0.2) is 4.39 Å². The van der Waals surface area contributed by atoms with E-state index in [4.69, 9.17) is 10.5 Å². The second-order valence-corrected chi connectivity index (χ2v) is 7.41. The van der Waals surface area contributed by atoms with Crippen LogP contribution in [-0.2, 0) is 6.42 Å². The molecule has 0 bridgehead atoms. The van der Waals surface area contributed by atoms with Crippen molar-refractivity contribution < 1.29 is 13.9 Å². The first-order valence-electron chi connectivity index (χ1n) is 10.5. The highest BCUT2D eigenvalue weighted by Crippen LogP contribution is 2.39. The number of nitrogens with one attached hydrogen (secondary N) is 1. The molecule has 0 unspecified atom stereocenters. The highest BCUT2D eigenvalue weighted by molar-refractivity contribution is 6.10. The quantitative estimate of drug-likeness (QED) is 0.450. The van der Waals surface area contributed by atoms with E-state index in [0.29, 0.717) is 42.1 Å². The van der Waals surface area contributed by atoms with E-state index >= 15 is 0 Å². The van der Waals surface area contributed by atoms with E-state index in [0.717, 1.165) is 22.5 Å². The first kappa shape index (κ1) is 21.5. The lowest BCUT2D eigenvalue weighted by molar-refractivity contribution is 0.0954. The number of nitrogens with two attached hydrogens (primary N) is 1. The molecule has 1 amide bonds. The number of hydrogen-bond donors (Lipinski definition) is 2. The Balaban J connectivity index is 2.06. The molecule has 0 saturated carbocycles. The monoisotopic (exact) mass is 432 g/mol. The number of carbonyl (C=O) groups excluding carboxylic acids is 1. The Bertz CT molecular complexity index is 1270. The number of hydrogen-bond acceptors (Lipinski definition) is 4. The van der Waals surface area contributed by atoms with Crippen molar-refractivity contribution in [3.63, 3.8) is 0 Å². The Kier molecular flexibility index (Phi) is 6.18. The van der Waals surface area contributed by atoms with E-state index in [-0.39, 0.29) is 5.91 Å². The van der Waals surface area contributed by atoms with Crippen molar-refractivity contribution in [1.82, 2.24) is 14.9 Å². The molecule has 0 spiro atoms. The molecule has 0 aliphatic rings. The summed E-state index contributed by atoms with van der Waals surface area (Å²) in [6.07, 6.45) is 2.35. The van der Waals surface area contributed by atoms with Crippen molar-refractivity contribution in [1.29, 1.82) is 0 Å². The molecule has 32 heavy (non-hydrogen) atoms. The maximum absolute atomic E-state index is 14.0. The van der Waals surface area contributed by atoms with Gasteiger partial charge in [-0.1, -0.05) is 31.2 Å². The van der Waals surface area contributed by atoms with Gasteiger partial charge in [-0.2, -0.15) is 0 Å². The van der Waals surface area contributed by atoms with Crippen LogP contribution in [0.25, 0.3) is 16.6 Å². The average Bonchev–Trinajstić information content (AvgIpc) is 3.14. The third-order valence-corrected chi connectivity index (χ3v) is 5.27. The van der Waals surface area contributed by atoms with Crippen molar-refractivity contribution in [3.8, 4) is 17.3 Å². The standard InChI is InChI=1S/C25H25FN4O2/c1-3-20-23-19(11-13-28-20)22(24(31)29-14-12-27)25(30(23)18-7-5-4-6-8-18)32-21-15-17(26)10-9-16(21)2/h4-11,13,15H,3,12,14,27H2,1-2H3,(H,29,31). The zero-order valence-corrected chi connectivity index (χ0v) is 18.1. The summed E-state index contributed by atoms with van der Waals surface area (Å²) in [5.74, 6) is -0.0912. The van der Waals surface area contributed by atoms with Gasteiger partial charge >= 0.3 is 0 Å². The lowest BCUT2D eigenvalue weighted by Crippen LogP contribution is -2.29. The van der Waals surface area contributed by atoms with Crippen LogP contribution in [0.5, 0.6) is 11.6 Å². The summed E-state index contributed by atoms with van der Waals surface area (Å²) >= 11 is 0. The normalized spacial score (nSPS) is 11.0. The van der Waals surface area contributed by atoms with Crippen LogP contribution in [0.2, 0.25) is 0 Å². The number of pyridine rings is 1. The summed E-state index contributed by atoms with van der Waals surface area (Å²) in [4.78, 5) is 17.8. The Morgan fingerprint density at radius 3 is 2.69 bits per heavy atom. The van der Waals surface area contributed by atoms with Crippen LogP contribution in [0.3, 0.4) is 0 Å². The number of carbonyl (C=O) groups is 1. The van der Waals surface area contributed by atoms with Crippen LogP contribution in [-0.4, -0.2) is 28.5 Å². The van der Waals surface area contributed by atoms with Gasteiger partial charge in [-0.15, -0.1) is 0 Å². The molecule has 3 N–H and O–H groups in total. The second-order valence-electron chi connectivity index (χ2n) is 7.41. The minimum absolute atomic E-state index is 0.303. The molecule has 0 fully saturated rings. The third kappa shape index (κ3) is 3.94. The minimum atomic E-state index is -0.419. The number of benzene rings is 2. The van der Waals surface area contributed by atoms with Gasteiger partial charge in [0.25, 0.3) is 5.91 Å². The smallest absolute Gasteiger partial charge is 0.257 e. The van der Waals surface area contributed by atoms with Gasteiger partial charge in [-0.05, 0) is 43.2 Å². The molecular formula is C25H25FN4O2. The van der Waals surface area contributed by atoms with Gasteiger partial charge < -0.3 is 15.8 Å². The Morgan fingerprint density at radius 2 is 1.97 bits per heavy atom. The zero-order valence-electron chi connectivity index (χ0n) is 18.1. The van der Waals surface area contributed by atoms with Gasteiger partial charge in [0.2, 0.25) is 5.88 Å². The minimum Gasteiger partial charge on any atom is -0.439 e. The zero-order chi connectivity index (χ0) is 22.7. The van der Waals surface area contributed by atoms with Crippen molar-refractivity contribution in [2.75, 3.05) is 13.1 Å². The fraction of sp³-hybridized carbons (Fsp3) is 0.200. The molecule has 6 nitrogen and oxygen atoms in total. The predicted molar refractivity (Wildman–Crippen MR) is 123 cm³/mol. The van der Waals surface area contributed by atoms with E-state index in [9.17, 15) is 9.18 Å². The molecule has 0 atom stereocenters. The van der Waals surface area contributed by atoms with Gasteiger partial charge in [-0.3, -0.25) is 14.3 Å². The number of rotatable bonds is 7. The van der Waals surface area contributed by atoms with Crippen molar-refractivity contribution in [3.05, 3.63) is 83.4 Å². The fourth-order valence-electron chi connectivity index (χ4n) is 3.74. The summed E-state index contributed by atoms with van der Waals surface area (Å²) < 4.78 is 22.2. The van der Waals surface area contributed by atoms with Crippen molar-refractivity contribution >= 4 is 16.8 Å². The van der Waals surface area contributed by atoms with E-state index < -0.39 is 5.82 Å². The van der Waals surface area contributed by atoms with Crippen molar-refractivity contribution in [2.45, 2.75) is 20.3 Å². The molecule has 4 rings (SSSR count). The van der Waals surface area contributed by atoms with Gasteiger partial charge in [0.15, 0.2) is 0 Å². The molecule has 0 aliphatic heterocycles. The molecule has 7 heteroatoms. The molecule has 4 aromatic rings. The third-order valence-electron chi connectivity index (χ3n) is 5.27. The summed E-state index contributed by atoms with van der Waals surface area (Å²) in [5, 5.41) is 3.55. The number of aryl methyl sites for hydroxylation is 2. The summed E-state index contributed by atoms with van der Waals surface area (Å²) in [5.41, 5.74) is 9.12. The van der Waals surface area contributed by atoms with Gasteiger partial charge in [0.1, 0.15) is 17.1 Å². The highest BCUT2D eigenvalue weighted by Gasteiger charge is 2.27. The molecule has 0 radical (unpaired) electrons.